The first-order chi connectivity index (χ1) is 16.1. The normalized spacial score (nSPS) is 22.6. The number of rotatable bonds is 5. The molecule has 0 aromatic heterocycles. The molecule has 7 nitrogen and oxygen atoms in total. The van der Waals surface area contributed by atoms with Crippen molar-refractivity contribution in [3.05, 3.63) is 59.7 Å². The van der Waals surface area contributed by atoms with Gasteiger partial charge >= 0.3 is 0 Å². The van der Waals surface area contributed by atoms with Crippen LogP contribution in [0.15, 0.2) is 53.4 Å². The summed E-state index contributed by atoms with van der Waals surface area (Å²) in [5.41, 5.74) is 1.29. The third kappa shape index (κ3) is 4.61. The van der Waals surface area contributed by atoms with E-state index in [0.717, 1.165) is 47.5 Å². The van der Waals surface area contributed by atoms with Crippen molar-refractivity contribution in [2.75, 3.05) is 18.0 Å². The Morgan fingerprint density at radius 3 is 2.32 bits per heavy atom. The van der Waals surface area contributed by atoms with Crippen molar-refractivity contribution in [3.8, 4) is 0 Å². The molecule has 2 aromatic carbocycles. The molecule has 0 bridgehead atoms. The van der Waals surface area contributed by atoms with Gasteiger partial charge in [-0.25, -0.2) is 8.42 Å². The topological polar surface area (TPSA) is 86.8 Å². The van der Waals surface area contributed by atoms with Gasteiger partial charge in [0.1, 0.15) is 5.54 Å². The molecule has 34 heavy (non-hydrogen) atoms. The fraction of sp³-hybridized carbons (Fsp3) is 0.462. The summed E-state index contributed by atoms with van der Waals surface area (Å²) in [6.45, 7) is 5.17. The highest BCUT2D eigenvalue weighted by atomic mass is 32.2. The van der Waals surface area contributed by atoms with Gasteiger partial charge in [0.05, 0.1) is 11.4 Å². The lowest BCUT2D eigenvalue weighted by atomic mass is 9.91. The highest BCUT2D eigenvalue weighted by Gasteiger charge is 2.51. The summed E-state index contributed by atoms with van der Waals surface area (Å²) in [4.78, 5) is 28.9. The number of amides is 2. The van der Waals surface area contributed by atoms with E-state index in [0.29, 0.717) is 5.69 Å². The number of aryl methyl sites for hydroxylation is 2. The minimum Gasteiger partial charge on any atom is -0.351 e. The first kappa shape index (κ1) is 24.4. The van der Waals surface area contributed by atoms with E-state index in [4.69, 9.17) is 0 Å². The molecule has 4 rings (SSSR count). The molecule has 1 aliphatic carbocycles. The van der Waals surface area contributed by atoms with Gasteiger partial charge in [-0.3, -0.25) is 14.5 Å². The molecule has 8 heteroatoms. The van der Waals surface area contributed by atoms with Crippen LogP contribution in [0.5, 0.6) is 0 Å². The molecule has 1 heterocycles. The molecule has 0 radical (unpaired) electrons. The lowest BCUT2D eigenvalue weighted by Crippen LogP contribution is -2.70. The second-order valence-electron chi connectivity index (χ2n) is 9.67. The summed E-state index contributed by atoms with van der Waals surface area (Å²) in [5, 5.41) is 3.13. The van der Waals surface area contributed by atoms with E-state index in [2.05, 4.69) is 5.32 Å². The second-order valence-corrected chi connectivity index (χ2v) is 11.6. The number of piperazine rings is 1. The van der Waals surface area contributed by atoms with Crippen molar-refractivity contribution in [1.29, 1.82) is 0 Å². The minimum atomic E-state index is -3.95. The van der Waals surface area contributed by atoms with Crippen molar-refractivity contribution < 1.29 is 18.0 Å². The van der Waals surface area contributed by atoms with Gasteiger partial charge in [0.2, 0.25) is 21.8 Å². The molecule has 182 valence electrons. The second kappa shape index (κ2) is 9.50. The van der Waals surface area contributed by atoms with Crippen LogP contribution in [0, 0.1) is 13.8 Å². The number of sulfonamides is 1. The maximum absolute atomic E-state index is 13.8. The van der Waals surface area contributed by atoms with Crippen LogP contribution in [-0.4, -0.2) is 49.2 Å². The fourth-order valence-electron chi connectivity index (χ4n) is 4.93. The zero-order valence-corrected chi connectivity index (χ0v) is 20.9. The molecule has 1 N–H and O–H groups in total. The van der Waals surface area contributed by atoms with Gasteiger partial charge in [-0.1, -0.05) is 43.5 Å². The Labute approximate surface area is 202 Å². The average molecular weight is 484 g/mol. The van der Waals surface area contributed by atoms with Crippen LogP contribution in [0.3, 0.4) is 0 Å². The first-order valence-corrected chi connectivity index (χ1v) is 13.3. The van der Waals surface area contributed by atoms with Crippen LogP contribution >= 0.6 is 0 Å². The Bertz CT molecular complexity index is 1180. The predicted molar refractivity (Wildman–Crippen MR) is 132 cm³/mol. The molecule has 1 aliphatic heterocycles. The minimum absolute atomic E-state index is 0.0379. The summed E-state index contributed by atoms with van der Waals surface area (Å²) in [6, 6.07) is 13.7. The lowest BCUT2D eigenvalue weighted by molar-refractivity contribution is -0.133. The summed E-state index contributed by atoms with van der Waals surface area (Å²) < 4.78 is 27.9. The van der Waals surface area contributed by atoms with Gasteiger partial charge in [0.25, 0.3) is 0 Å². The zero-order valence-electron chi connectivity index (χ0n) is 20.1. The van der Waals surface area contributed by atoms with Crippen LogP contribution in [0.25, 0.3) is 0 Å². The molecule has 2 fully saturated rings. The van der Waals surface area contributed by atoms with Gasteiger partial charge in [-0.05, 0) is 69.0 Å². The molecule has 1 saturated heterocycles. The molecule has 1 unspecified atom stereocenters. The summed E-state index contributed by atoms with van der Waals surface area (Å²) in [7, 11) is -3.95. The van der Waals surface area contributed by atoms with Crippen LogP contribution in [0.2, 0.25) is 0 Å². The van der Waals surface area contributed by atoms with E-state index in [1.165, 1.54) is 17.0 Å². The van der Waals surface area contributed by atoms with Crippen LogP contribution < -0.4 is 10.2 Å². The number of hydrogen-bond donors (Lipinski definition) is 1. The monoisotopic (exact) mass is 483 g/mol. The van der Waals surface area contributed by atoms with E-state index in [1.807, 2.05) is 32.0 Å². The number of nitrogens with one attached hydrogen (secondary N) is 1. The summed E-state index contributed by atoms with van der Waals surface area (Å²) in [6.07, 6.45) is 5.04. The number of carbonyl (C=O) groups excluding carboxylic acids is 2. The molecule has 1 saturated carbocycles. The van der Waals surface area contributed by atoms with Crippen LogP contribution in [0.1, 0.15) is 50.2 Å². The van der Waals surface area contributed by atoms with Gasteiger partial charge in [0.15, 0.2) is 0 Å². The van der Waals surface area contributed by atoms with E-state index in [-0.39, 0.29) is 29.9 Å². The Morgan fingerprint density at radius 2 is 1.68 bits per heavy atom. The Kier molecular flexibility index (Phi) is 6.82. The number of benzene rings is 2. The zero-order chi connectivity index (χ0) is 24.5. The molecular weight excluding hydrogens is 450 g/mol. The standard InChI is InChI=1S/C26H33N3O4S/c1-19-14-15-22(16-20(19)2)29-24(30)17-28(34(32,33)23-12-8-5-9-13-23)18-26(29,3)25(31)27-21-10-6-4-7-11-21/h5,8-9,12-16,21H,4,6-7,10-11,17-18H2,1-3H3,(H,27,31). The SMILES string of the molecule is Cc1ccc(N2C(=O)CN(S(=O)(=O)c3ccccc3)CC2(C)C(=O)NC2CCCCC2)cc1C. The average Bonchev–Trinajstić information content (AvgIpc) is 2.82. The van der Waals surface area contributed by atoms with Crippen molar-refractivity contribution in [2.24, 2.45) is 0 Å². The summed E-state index contributed by atoms with van der Waals surface area (Å²) >= 11 is 0. The number of nitrogens with zero attached hydrogens (tertiary/aromatic N) is 2. The molecule has 2 aliphatic rings. The molecular formula is C26H33N3O4S. The molecule has 2 aromatic rings. The maximum Gasteiger partial charge on any atom is 0.247 e. The van der Waals surface area contributed by atoms with Crippen molar-refractivity contribution in [1.82, 2.24) is 9.62 Å². The number of anilines is 1. The van der Waals surface area contributed by atoms with Gasteiger partial charge in [-0.2, -0.15) is 4.31 Å². The third-order valence-corrected chi connectivity index (χ3v) is 8.90. The highest BCUT2D eigenvalue weighted by molar-refractivity contribution is 7.89. The molecule has 0 spiro atoms. The van der Waals surface area contributed by atoms with Crippen molar-refractivity contribution in [3.63, 3.8) is 0 Å². The summed E-state index contributed by atoms with van der Waals surface area (Å²) in [5.74, 6) is -0.741. The smallest absolute Gasteiger partial charge is 0.247 e. The van der Waals surface area contributed by atoms with Gasteiger partial charge in [-0.15, -0.1) is 0 Å². The Hall–Kier alpha value is -2.71. The van der Waals surface area contributed by atoms with Crippen LogP contribution in [-0.2, 0) is 19.6 Å². The van der Waals surface area contributed by atoms with Crippen molar-refractivity contribution in [2.45, 2.75) is 69.4 Å². The van der Waals surface area contributed by atoms with E-state index >= 15 is 0 Å². The quantitative estimate of drug-likeness (QED) is 0.705. The Balaban J connectivity index is 1.73. The maximum atomic E-state index is 13.8. The lowest BCUT2D eigenvalue weighted by Gasteiger charge is -2.47. The number of carbonyl (C=O) groups is 2. The third-order valence-electron chi connectivity index (χ3n) is 7.10. The van der Waals surface area contributed by atoms with E-state index in [1.54, 1.807) is 25.1 Å². The van der Waals surface area contributed by atoms with Gasteiger partial charge in [0, 0.05) is 18.3 Å². The number of hydrogen-bond acceptors (Lipinski definition) is 4. The molecule has 2 amide bonds. The Morgan fingerprint density at radius 1 is 1.00 bits per heavy atom. The van der Waals surface area contributed by atoms with Gasteiger partial charge < -0.3 is 5.32 Å². The van der Waals surface area contributed by atoms with E-state index in [9.17, 15) is 18.0 Å². The largest absolute Gasteiger partial charge is 0.351 e. The fourth-order valence-corrected chi connectivity index (χ4v) is 6.43. The molecule has 1 atom stereocenters. The van der Waals surface area contributed by atoms with E-state index < -0.39 is 21.5 Å². The first-order valence-electron chi connectivity index (χ1n) is 11.9. The predicted octanol–water partition coefficient (Wildman–Crippen LogP) is 3.55. The van der Waals surface area contributed by atoms with Crippen LogP contribution in [0.4, 0.5) is 5.69 Å². The van der Waals surface area contributed by atoms with Crippen molar-refractivity contribution >= 4 is 27.5 Å². The highest BCUT2D eigenvalue weighted by Crippen LogP contribution is 2.33.